The van der Waals surface area contributed by atoms with Gasteiger partial charge in [0.25, 0.3) is 5.69 Å². The van der Waals surface area contributed by atoms with E-state index >= 15 is 0 Å². The topological polar surface area (TPSA) is 64.4 Å². The summed E-state index contributed by atoms with van der Waals surface area (Å²) in [6.45, 7) is 0.553. The van der Waals surface area contributed by atoms with Gasteiger partial charge in [-0.25, -0.2) is 0 Å². The summed E-state index contributed by atoms with van der Waals surface area (Å²) in [6, 6.07) is 12.3. The third-order valence-corrected chi connectivity index (χ3v) is 3.26. The van der Waals surface area contributed by atoms with Gasteiger partial charge in [-0.05, 0) is 23.8 Å². The highest BCUT2D eigenvalue weighted by atomic mass is 79.9. The summed E-state index contributed by atoms with van der Waals surface area (Å²) >= 11 is 3.41. The van der Waals surface area contributed by atoms with Crippen molar-refractivity contribution in [3.05, 3.63) is 62.6 Å². The molecule has 0 aliphatic heterocycles. The molecule has 1 N–H and O–H groups in total. The number of halogens is 1. The Morgan fingerprint density at radius 2 is 2.10 bits per heavy atom. The molecule has 0 bridgehead atoms. The number of non-ortho nitro benzene ring substituents is 1. The highest BCUT2D eigenvalue weighted by Gasteiger charge is 2.11. The molecule has 0 amide bonds. The van der Waals surface area contributed by atoms with Crippen molar-refractivity contribution >= 4 is 27.3 Å². The summed E-state index contributed by atoms with van der Waals surface area (Å²) in [4.78, 5) is 10.4. The Hall–Kier alpha value is -2.08. The summed E-state index contributed by atoms with van der Waals surface area (Å²) in [5.74, 6) is 0.575. The maximum atomic E-state index is 10.8. The Morgan fingerprint density at radius 3 is 2.75 bits per heavy atom. The quantitative estimate of drug-likeness (QED) is 0.662. The van der Waals surface area contributed by atoms with Gasteiger partial charge in [0.2, 0.25) is 0 Å². The van der Waals surface area contributed by atoms with Crippen molar-refractivity contribution in [2.24, 2.45) is 0 Å². The highest BCUT2D eigenvalue weighted by Crippen LogP contribution is 2.29. The summed E-state index contributed by atoms with van der Waals surface area (Å²) in [7, 11) is 1.53. The van der Waals surface area contributed by atoms with Gasteiger partial charge >= 0.3 is 0 Å². The van der Waals surface area contributed by atoms with Gasteiger partial charge in [0.15, 0.2) is 0 Å². The molecular formula is C14H13BrN2O3. The molecule has 0 saturated heterocycles. The lowest BCUT2D eigenvalue weighted by molar-refractivity contribution is -0.384. The van der Waals surface area contributed by atoms with Gasteiger partial charge in [0.05, 0.1) is 17.7 Å². The van der Waals surface area contributed by atoms with E-state index in [1.54, 1.807) is 6.07 Å². The predicted octanol–water partition coefficient (Wildman–Crippen LogP) is 3.98. The minimum absolute atomic E-state index is 0.0301. The van der Waals surface area contributed by atoms with Gasteiger partial charge in [-0.1, -0.05) is 28.1 Å². The van der Waals surface area contributed by atoms with Gasteiger partial charge in [-0.15, -0.1) is 0 Å². The van der Waals surface area contributed by atoms with E-state index in [1.165, 1.54) is 19.2 Å². The average molecular weight is 337 g/mol. The number of nitro benzene ring substituents is 1. The van der Waals surface area contributed by atoms with E-state index in [1.807, 2.05) is 24.3 Å². The Morgan fingerprint density at radius 1 is 1.30 bits per heavy atom. The minimum atomic E-state index is -0.427. The average Bonchev–Trinajstić information content (AvgIpc) is 2.44. The normalized spacial score (nSPS) is 10.1. The van der Waals surface area contributed by atoms with Crippen LogP contribution in [0.25, 0.3) is 0 Å². The number of methoxy groups -OCH3 is 1. The first kappa shape index (κ1) is 14.3. The Bertz CT molecular complexity index is 632. The van der Waals surface area contributed by atoms with Crippen LogP contribution in [-0.4, -0.2) is 12.0 Å². The van der Waals surface area contributed by atoms with Crippen LogP contribution in [0.4, 0.5) is 11.4 Å². The summed E-state index contributed by atoms with van der Waals surface area (Å²) in [6.07, 6.45) is 0. The lowest BCUT2D eigenvalue weighted by atomic mass is 10.2. The lowest BCUT2D eigenvalue weighted by Crippen LogP contribution is -2.02. The van der Waals surface area contributed by atoms with Crippen LogP contribution in [0.1, 0.15) is 5.56 Å². The molecule has 0 unspecified atom stereocenters. The maximum absolute atomic E-state index is 10.8. The predicted molar refractivity (Wildman–Crippen MR) is 81.1 cm³/mol. The van der Waals surface area contributed by atoms with Gasteiger partial charge in [-0.3, -0.25) is 10.1 Å². The number of nitrogens with one attached hydrogen (secondary N) is 1. The highest BCUT2D eigenvalue weighted by molar-refractivity contribution is 9.10. The molecule has 2 aromatic rings. The molecule has 0 spiro atoms. The van der Waals surface area contributed by atoms with Crippen molar-refractivity contribution in [3.8, 4) is 5.75 Å². The maximum Gasteiger partial charge on any atom is 0.271 e. The molecule has 2 aromatic carbocycles. The van der Waals surface area contributed by atoms with Gasteiger partial charge < -0.3 is 10.1 Å². The monoisotopic (exact) mass is 336 g/mol. The van der Waals surface area contributed by atoms with E-state index in [4.69, 9.17) is 4.74 Å². The number of nitrogens with zero attached hydrogens (tertiary/aromatic N) is 1. The zero-order valence-electron chi connectivity index (χ0n) is 10.8. The SMILES string of the molecule is COc1ccc([N+](=O)[O-])cc1NCc1cccc(Br)c1. The summed E-state index contributed by atoms with van der Waals surface area (Å²) in [5, 5.41) is 14.0. The molecule has 0 heterocycles. The molecule has 0 aromatic heterocycles. The first-order chi connectivity index (χ1) is 9.60. The van der Waals surface area contributed by atoms with Crippen molar-refractivity contribution in [3.63, 3.8) is 0 Å². The molecule has 5 nitrogen and oxygen atoms in total. The van der Waals surface area contributed by atoms with Crippen molar-refractivity contribution in [1.82, 2.24) is 0 Å². The summed E-state index contributed by atoms with van der Waals surface area (Å²) in [5.41, 5.74) is 1.69. The van der Waals surface area contributed by atoms with Crippen LogP contribution < -0.4 is 10.1 Å². The molecule has 2 rings (SSSR count). The number of rotatable bonds is 5. The Kier molecular flexibility index (Phi) is 4.57. The van der Waals surface area contributed by atoms with E-state index < -0.39 is 4.92 Å². The van der Waals surface area contributed by atoms with Gasteiger partial charge in [-0.2, -0.15) is 0 Å². The molecule has 0 aliphatic carbocycles. The number of hydrogen-bond acceptors (Lipinski definition) is 4. The Labute approximate surface area is 124 Å². The van der Waals surface area contributed by atoms with Crippen LogP contribution in [0.5, 0.6) is 5.75 Å². The zero-order valence-corrected chi connectivity index (χ0v) is 12.4. The lowest BCUT2D eigenvalue weighted by Gasteiger charge is -2.11. The van der Waals surface area contributed by atoms with E-state index in [0.29, 0.717) is 18.0 Å². The van der Waals surface area contributed by atoms with Crippen LogP contribution in [0.15, 0.2) is 46.9 Å². The van der Waals surface area contributed by atoms with Crippen molar-refractivity contribution in [1.29, 1.82) is 0 Å². The first-order valence-electron chi connectivity index (χ1n) is 5.91. The third kappa shape index (κ3) is 3.48. The molecule has 6 heteroatoms. The van der Waals surface area contributed by atoms with E-state index in [2.05, 4.69) is 21.2 Å². The largest absolute Gasteiger partial charge is 0.495 e. The third-order valence-electron chi connectivity index (χ3n) is 2.77. The van der Waals surface area contributed by atoms with Crippen LogP contribution in [0, 0.1) is 10.1 Å². The first-order valence-corrected chi connectivity index (χ1v) is 6.70. The number of anilines is 1. The molecule has 104 valence electrons. The molecular weight excluding hydrogens is 324 g/mol. The van der Waals surface area contributed by atoms with Crippen molar-refractivity contribution < 1.29 is 9.66 Å². The number of ether oxygens (including phenoxy) is 1. The van der Waals surface area contributed by atoms with Crippen LogP contribution in [0.2, 0.25) is 0 Å². The van der Waals surface area contributed by atoms with Gasteiger partial charge in [0.1, 0.15) is 5.75 Å². The summed E-state index contributed by atoms with van der Waals surface area (Å²) < 4.78 is 6.19. The molecule has 0 aliphatic rings. The Balaban J connectivity index is 2.19. The fraction of sp³-hybridized carbons (Fsp3) is 0.143. The second kappa shape index (κ2) is 6.38. The molecule has 0 atom stereocenters. The molecule has 0 fully saturated rings. The van der Waals surface area contributed by atoms with Crippen LogP contribution in [-0.2, 0) is 6.54 Å². The van der Waals surface area contributed by atoms with Crippen LogP contribution >= 0.6 is 15.9 Å². The smallest absolute Gasteiger partial charge is 0.271 e. The van der Waals surface area contributed by atoms with Gasteiger partial charge in [0, 0.05) is 23.2 Å². The second-order valence-electron chi connectivity index (χ2n) is 4.13. The second-order valence-corrected chi connectivity index (χ2v) is 5.04. The fourth-order valence-electron chi connectivity index (χ4n) is 1.79. The van der Waals surface area contributed by atoms with E-state index in [-0.39, 0.29) is 5.69 Å². The molecule has 0 saturated carbocycles. The zero-order chi connectivity index (χ0) is 14.5. The fourth-order valence-corrected chi connectivity index (χ4v) is 2.24. The van der Waals surface area contributed by atoms with E-state index in [9.17, 15) is 10.1 Å². The molecule has 0 radical (unpaired) electrons. The standard InChI is InChI=1S/C14H13BrN2O3/c1-20-14-6-5-12(17(18)19)8-13(14)16-9-10-3-2-4-11(15)7-10/h2-8,16H,9H2,1H3. The van der Waals surface area contributed by atoms with Crippen molar-refractivity contribution in [2.75, 3.05) is 12.4 Å². The van der Waals surface area contributed by atoms with E-state index in [0.717, 1.165) is 10.0 Å². The number of benzene rings is 2. The number of hydrogen-bond donors (Lipinski definition) is 1. The minimum Gasteiger partial charge on any atom is -0.495 e. The van der Waals surface area contributed by atoms with Crippen molar-refractivity contribution in [2.45, 2.75) is 6.54 Å². The molecule has 20 heavy (non-hydrogen) atoms. The van der Waals surface area contributed by atoms with Crippen LogP contribution in [0.3, 0.4) is 0 Å². The number of nitro groups is 1.